The molecule has 0 fully saturated rings. The summed E-state index contributed by atoms with van der Waals surface area (Å²) in [7, 11) is 0. The maximum Gasteiger partial charge on any atom is 0.167 e. The van der Waals surface area contributed by atoms with Crippen molar-refractivity contribution in [2.75, 3.05) is 0 Å². The van der Waals surface area contributed by atoms with Crippen LogP contribution in [-0.4, -0.2) is 19.4 Å². The van der Waals surface area contributed by atoms with Crippen LogP contribution in [0.4, 0.5) is 0 Å². The van der Waals surface area contributed by atoms with E-state index in [9.17, 15) is 4.55 Å². The monoisotopic (exact) mass is 419 g/mol. The van der Waals surface area contributed by atoms with Crippen LogP contribution in [-0.2, 0) is 17.8 Å². The van der Waals surface area contributed by atoms with Crippen molar-refractivity contribution in [2.45, 2.75) is 38.0 Å². The molecular weight excluding hydrogens is 394 g/mol. The van der Waals surface area contributed by atoms with E-state index in [-0.39, 0.29) is 6.04 Å². The number of nitrogens with zero attached hydrogens (tertiary/aromatic N) is 2. The lowest BCUT2D eigenvalue weighted by Gasteiger charge is -2.29. The van der Waals surface area contributed by atoms with Crippen LogP contribution in [0, 0.1) is 0 Å². The zero-order valence-electron chi connectivity index (χ0n) is 17.3. The summed E-state index contributed by atoms with van der Waals surface area (Å²) in [5.74, 6) is 0. The molecule has 0 radical (unpaired) electrons. The van der Waals surface area contributed by atoms with Crippen LogP contribution < -0.4 is 4.72 Å². The van der Waals surface area contributed by atoms with Gasteiger partial charge in [0.05, 0.1) is 6.04 Å². The molecular formula is C24H25N3O2S. The van der Waals surface area contributed by atoms with Gasteiger partial charge in [-0.25, -0.2) is 0 Å². The molecule has 0 spiro atoms. The first-order valence-electron chi connectivity index (χ1n) is 9.95. The minimum absolute atomic E-state index is 0.202. The van der Waals surface area contributed by atoms with Crippen molar-refractivity contribution in [1.29, 1.82) is 0 Å². The SMILES string of the molecule is CC(C)(C)[S@+]([O-])NC(Cc1ccccn1)c1ccccc1-c1noc2ccccc12. The van der Waals surface area contributed by atoms with E-state index in [0.29, 0.717) is 6.42 Å². The van der Waals surface area contributed by atoms with Gasteiger partial charge in [0.15, 0.2) is 5.58 Å². The Kier molecular flexibility index (Phi) is 5.90. The quantitative estimate of drug-likeness (QED) is 0.434. The van der Waals surface area contributed by atoms with E-state index in [4.69, 9.17) is 4.52 Å². The second kappa shape index (κ2) is 8.60. The predicted octanol–water partition coefficient (Wildman–Crippen LogP) is 5.23. The fourth-order valence-corrected chi connectivity index (χ4v) is 4.17. The van der Waals surface area contributed by atoms with Crippen molar-refractivity contribution in [2.24, 2.45) is 0 Å². The summed E-state index contributed by atoms with van der Waals surface area (Å²) in [6.45, 7) is 5.89. The predicted molar refractivity (Wildman–Crippen MR) is 121 cm³/mol. The number of aromatic nitrogens is 2. The van der Waals surface area contributed by atoms with Crippen LogP contribution in [0.15, 0.2) is 77.4 Å². The number of benzene rings is 2. The summed E-state index contributed by atoms with van der Waals surface area (Å²) >= 11 is -1.25. The highest BCUT2D eigenvalue weighted by Crippen LogP contribution is 2.34. The number of nitrogens with one attached hydrogen (secondary N) is 1. The standard InChI is InChI=1S/C24H25N3O2S/c1-24(2,3)30(28)27-21(16-17-10-8-9-15-25-17)18-11-4-5-12-19(18)23-20-13-6-7-14-22(20)29-26-23/h4-15,21,27H,16H2,1-3H3/t21?,30-/m0/s1. The van der Waals surface area contributed by atoms with Crippen molar-refractivity contribution in [3.05, 3.63) is 84.2 Å². The summed E-state index contributed by atoms with van der Waals surface area (Å²) in [6.07, 6.45) is 2.39. The van der Waals surface area contributed by atoms with Gasteiger partial charge in [-0.2, -0.15) is 0 Å². The van der Waals surface area contributed by atoms with Gasteiger partial charge in [-0.3, -0.25) is 4.98 Å². The van der Waals surface area contributed by atoms with Crippen molar-refractivity contribution in [1.82, 2.24) is 14.9 Å². The van der Waals surface area contributed by atoms with Crippen LogP contribution in [0.3, 0.4) is 0 Å². The van der Waals surface area contributed by atoms with Gasteiger partial charge >= 0.3 is 0 Å². The molecule has 0 bridgehead atoms. The zero-order chi connectivity index (χ0) is 21.1. The molecule has 154 valence electrons. The fraction of sp³-hybridized carbons (Fsp3) is 0.250. The fourth-order valence-electron chi connectivity index (χ4n) is 3.35. The molecule has 30 heavy (non-hydrogen) atoms. The van der Waals surface area contributed by atoms with Crippen molar-refractivity contribution >= 4 is 22.3 Å². The molecule has 4 rings (SSSR count). The summed E-state index contributed by atoms with van der Waals surface area (Å²) in [5.41, 5.74) is 4.44. The third kappa shape index (κ3) is 4.41. The normalized spacial score (nSPS) is 14.0. The zero-order valence-corrected chi connectivity index (χ0v) is 18.1. The second-order valence-electron chi connectivity index (χ2n) is 8.19. The lowest BCUT2D eigenvalue weighted by Crippen LogP contribution is -2.42. The molecule has 2 aromatic heterocycles. The van der Waals surface area contributed by atoms with E-state index in [1.165, 1.54) is 0 Å². The summed E-state index contributed by atoms with van der Waals surface area (Å²) in [5, 5.41) is 5.31. The van der Waals surface area contributed by atoms with E-state index in [0.717, 1.165) is 33.5 Å². The van der Waals surface area contributed by atoms with Gasteiger partial charge in [-0.15, -0.1) is 4.72 Å². The Bertz CT molecular complexity index is 1120. The van der Waals surface area contributed by atoms with Gasteiger partial charge < -0.3 is 9.08 Å². The first kappa shape index (κ1) is 20.6. The molecule has 6 heteroatoms. The number of hydrogen-bond acceptors (Lipinski definition) is 5. The molecule has 4 aromatic rings. The van der Waals surface area contributed by atoms with E-state index in [2.05, 4.69) is 20.9 Å². The maximum absolute atomic E-state index is 13.0. The molecule has 2 heterocycles. The van der Waals surface area contributed by atoms with E-state index >= 15 is 0 Å². The van der Waals surface area contributed by atoms with Crippen molar-refractivity contribution in [3.63, 3.8) is 0 Å². The van der Waals surface area contributed by atoms with Crippen LogP contribution in [0.5, 0.6) is 0 Å². The highest BCUT2D eigenvalue weighted by Gasteiger charge is 2.31. The molecule has 1 unspecified atom stereocenters. The third-order valence-electron chi connectivity index (χ3n) is 4.91. The van der Waals surface area contributed by atoms with E-state index in [1.807, 2.05) is 81.4 Å². The van der Waals surface area contributed by atoms with Crippen molar-refractivity contribution < 1.29 is 9.08 Å². The number of hydrogen-bond donors (Lipinski definition) is 1. The highest BCUT2D eigenvalue weighted by molar-refractivity contribution is 7.90. The number of fused-ring (bicyclic) bond motifs is 1. The van der Waals surface area contributed by atoms with Gasteiger partial charge in [-0.1, -0.05) is 47.6 Å². The number of pyridine rings is 1. The van der Waals surface area contributed by atoms with Gasteiger partial charge in [0.2, 0.25) is 0 Å². The molecule has 2 aromatic carbocycles. The first-order chi connectivity index (χ1) is 14.4. The average Bonchev–Trinajstić information content (AvgIpc) is 3.17. The van der Waals surface area contributed by atoms with E-state index in [1.54, 1.807) is 6.20 Å². The highest BCUT2D eigenvalue weighted by atomic mass is 32.2. The lowest BCUT2D eigenvalue weighted by molar-refractivity contribution is 0.459. The number of rotatable bonds is 6. The van der Waals surface area contributed by atoms with Gasteiger partial charge in [-0.05, 0) is 50.6 Å². The van der Waals surface area contributed by atoms with Gasteiger partial charge in [0.25, 0.3) is 0 Å². The second-order valence-corrected chi connectivity index (χ2v) is 10.2. The minimum Gasteiger partial charge on any atom is -0.598 e. The van der Waals surface area contributed by atoms with Crippen molar-refractivity contribution in [3.8, 4) is 11.3 Å². The van der Waals surface area contributed by atoms with E-state index < -0.39 is 16.1 Å². The Balaban J connectivity index is 1.79. The van der Waals surface area contributed by atoms with Crippen LogP contribution >= 0.6 is 0 Å². The molecule has 1 N–H and O–H groups in total. The Hall–Kier alpha value is -2.67. The summed E-state index contributed by atoms with van der Waals surface area (Å²) in [6, 6.07) is 21.5. The molecule has 2 atom stereocenters. The Labute approximate surface area is 179 Å². The maximum atomic E-state index is 13.0. The minimum atomic E-state index is -1.25. The molecule has 0 amide bonds. The molecule has 0 saturated carbocycles. The first-order valence-corrected chi connectivity index (χ1v) is 11.1. The summed E-state index contributed by atoms with van der Waals surface area (Å²) in [4.78, 5) is 4.48. The molecule has 0 aliphatic heterocycles. The summed E-state index contributed by atoms with van der Waals surface area (Å²) < 4.78 is 21.5. The topological polar surface area (TPSA) is 74.0 Å². The Morgan fingerprint density at radius 3 is 2.50 bits per heavy atom. The Morgan fingerprint density at radius 1 is 1.00 bits per heavy atom. The smallest absolute Gasteiger partial charge is 0.167 e. The molecule has 0 saturated heterocycles. The third-order valence-corrected chi connectivity index (χ3v) is 6.52. The van der Waals surface area contributed by atoms with Gasteiger partial charge in [0, 0.05) is 40.6 Å². The average molecular weight is 420 g/mol. The van der Waals surface area contributed by atoms with Crippen LogP contribution in [0.2, 0.25) is 0 Å². The molecule has 5 nitrogen and oxygen atoms in total. The van der Waals surface area contributed by atoms with Crippen LogP contribution in [0.1, 0.15) is 38.1 Å². The Morgan fingerprint density at radius 2 is 1.73 bits per heavy atom. The number of para-hydroxylation sites is 1. The molecule has 0 aliphatic rings. The lowest BCUT2D eigenvalue weighted by atomic mass is 9.94. The largest absolute Gasteiger partial charge is 0.598 e. The van der Waals surface area contributed by atoms with Gasteiger partial charge in [0.1, 0.15) is 10.4 Å². The van der Waals surface area contributed by atoms with Crippen LogP contribution in [0.25, 0.3) is 22.2 Å². The molecule has 0 aliphatic carbocycles.